The summed E-state index contributed by atoms with van der Waals surface area (Å²) in [6.07, 6.45) is 0. The van der Waals surface area contributed by atoms with Gasteiger partial charge < -0.3 is 4.42 Å². The lowest BCUT2D eigenvalue weighted by molar-refractivity contribution is 0.0996. The summed E-state index contributed by atoms with van der Waals surface area (Å²) in [6.45, 7) is 0. The maximum atomic E-state index is 14.6. The number of oxazole rings is 1. The number of rotatable bonds is 8. The molecule has 0 fully saturated rings. The number of hydrogen-bond donors (Lipinski definition) is 0. The van der Waals surface area contributed by atoms with Gasteiger partial charge in [-0.2, -0.15) is 4.98 Å². The van der Waals surface area contributed by atoms with Crippen LogP contribution in [0.4, 0.5) is 11.6 Å². The average molecular weight is 638 g/mol. The van der Waals surface area contributed by atoms with Crippen LogP contribution in [0.25, 0.3) is 11.5 Å². The molecule has 0 unspecified atom stereocenters. The topological polar surface area (TPSA) is 46.3 Å². The van der Waals surface area contributed by atoms with E-state index in [1.165, 1.54) is 0 Å². The molecular formula is C40H31ClN2O2P+. The molecular weight excluding hydrogens is 607 g/mol. The van der Waals surface area contributed by atoms with Gasteiger partial charge in [0.25, 0.3) is 17.2 Å². The summed E-state index contributed by atoms with van der Waals surface area (Å²) in [5.41, 5.74) is 2.79. The van der Waals surface area contributed by atoms with Crippen molar-refractivity contribution in [2.75, 3.05) is 4.90 Å². The van der Waals surface area contributed by atoms with E-state index < -0.39 is 7.26 Å². The largest absolute Gasteiger partial charge is 0.416 e. The Kier molecular flexibility index (Phi) is 9.21. The van der Waals surface area contributed by atoms with Crippen LogP contribution in [0.3, 0.4) is 0 Å². The molecule has 1 aromatic heterocycles. The molecule has 1 heterocycles. The molecule has 0 atom stereocenters. The second kappa shape index (κ2) is 13.8. The fraction of sp³-hybridized carbons (Fsp3) is 0. The zero-order valence-electron chi connectivity index (χ0n) is 24.9. The molecule has 0 aliphatic heterocycles. The fourth-order valence-electron chi connectivity index (χ4n) is 5.75. The van der Waals surface area contributed by atoms with E-state index in [0.717, 1.165) is 26.9 Å². The number of para-hydroxylation sites is 1. The van der Waals surface area contributed by atoms with E-state index in [4.69, 9.17) is 9.40 Å². The van der Waals surface area contributed by atoms with E-state index in [1.54, 1.807) is 4.90 Å². The highest BCUT2D eigenvalue weighted by atomic mass is 35.5. The molecule has 7 aromatic rings. The Morgan fingerprint density at radius 3 is 1.37 bits per heavy atom. The summed E-state index contributed by atoms with van der Waals surface area (Å²) in [5.74, 6) is 0.652. The van der Waals surface area contributed by atoms with E-state index in [2.05, 4.69) is 72.8 Å². The number of hydrogen-bond acceptors (Lipinski definition) is 3. The molecule has 1 amide bonds. The van der Waals surface area contributed by atoms with Gasteiger partial charge in [0, 0.05) is 11.1 Å². The van der Waals surface area contributed by atoms with Crippen molar-refractivity contribution in [3.05, 3.63) is 188 Å². The van der Waals surface area contributed by atoms with E-state index in [-0.39, 0.29) is 18.3 Å². The number of halogens is 1. The minimum atomic E-state index is -2.75. The molecule has 7 rings (SSSR count). The van der Waals surface area contributed by atoms with Crippen LogP contribution in [0.15, 0.2) is 186 Å². The van der Waals surface area contributed by atoms with Crippen LogP contribution >= 0.6 is 19.7 Å². The Labute approximate surface area is 275 Å². The third-order valence-corrected chi connectivity index (χ3v) is 11.9. The van der Waals surface area contributed by atoms with Crippen molar-refractivity contribution in [3.8, 4) is 11.5 Å². The van der Waals surface area contributed by atoms with Crippen LogP contribution in [0, 0.1) is 0 Å². The summed E-state index contributed by atoms with van der Waals surface area (Å²) >= 11 is 0. The Balaban J connectivity index is 0.00000372. The molecule has 4 nitrogen and oxygen atoms in total. The Morgan fingerprint density at radius 2 is 0.913 bits per heavy atom. The van der Waals surface area contributed by atoms with Crippen molar-refractivity contribution in [1.29, 1.82) is 0 Å². The molecule has 224 valence electrons. The first-order valence-electron chi connectivity index (χ1n) is 14.8. The number of benzene rings is 6. The lowest BCUT2D eigenvalue weighted by Gasteiger charge is -2.28. The highest BCUT2D eigenvalue weighted by Crippen LogP contribution is 2.56. The van der Waals surface area contributed by atoms with E-state index in [1.807, 2.05) is 109 Å². The van der Waals surface area contributed by atoms with Gasteiger partial charge in [0.1, 0.15) is 15.9 Å². The highest BCUT2D eigenvalue weighted by Gasteiger charge is 2.54. The highest BCUT2D eigenvalue weighted by molar-refractivity contribution is 8.01. The summed E-state index contributed by atoms with van der Waals surface area (Å²) in [5, 5.41) is 3.32. The SMILES string of the molecule is Cl.O=C(c1ccccc1)N(c1ccccc1)c1oc(-c2ccccc2)nc1[P+](c1ccccc1)(c1ccccc1)c1ccccc1. The van der Waals surface area contributed by atoms with Crippen molar-refractivity contribution in [2.24, 2.45) is 0 Å². The number of anilines is 2. The first-order chi connectivity index (χ1) is 22.3. The standard InChI is InChI=1S/C40H30N2O2P.ClH/c43-39(32-21-9-2-10-22-32)42(33-23-11-3-12-24-33)40-38(41-37(44-40)31-19-7-1-8-20-31)45(34-25-13-4-14-26-34,35-27-15-5-16-28-35)36-29-17-6-18-30-36;/h1-30H;1H/q+1;. The summed E-state index contributed by atoms with van der Waals surface area (Å²) in [6, 6.07) is 60.4. The number of carbonyl (C=O) groups is 1. The molecule has 0 bridgehead atoms. The Hall–Kier alpha value is -5.28. The second-order valence-corrected chi connectivity index (χ2v) is 13.8. The summed E-state index contributed by atoms with van der Waals surface area (Å²) < 4.78 is 6.85. The van der Waals surface area contributed by atoms with Crippen LogP contribution in [-0.4, -0.2) is 10.9 Å². The van der Waals surface area contributed by atoms with Crippen molar-refractivity contribution in [1.82, 2.24) is 4.98 Å². The number of carbonyl (C=O) groups excluding carboxylic acids is 1. The van der Waals surface area contributed by atoms with E-state index in [9.17, 15) is 4.79 Å². The Bertz CT molecular complexity index is 1910. The molecule has 0 aliphatic rings. The third-order valence-electron chi connectivity index (χ3n) is 7.80. The molecule has 0 saturated heterocycles. The maximum absolute atomic E-state index is 14.6. The average Bonchev–Trinajstić information content (AvgIpc) is 3.56. The van der Waals surface area contributed by atoms with Crippen LogP contribution in [0.5, 0.6) is 0 Å². The smallest absolute Gasteiger partial charge is 0.273 e. The van der Waals surface area contributed by atoms with Gasteiger partial charge in [-0.1, -0.05) is 109 Å². The fourth-order valence-corrected chi connectivity index (χ4v) is 9.91. The molecule has 0 radical (unpaired) electrons. The Morgan fingerprint density at radius 1 is 0.522 bits per heavy atom. The van der Waals surface area contributed by atoms with Crippen LogP contribution < -0.4 is 26.2 Å². The minimum Gasteiger partial charge on any atom is -0.416 e. The second-order valence-electron chi connectivity index (χ2n) is 10.5. The van der Waals surface area contributed by atoms with Crippen molar-refractivity contribution >= 4 is 58.5 Å². The van der Waals surface area contributed by atoms with Crippen molar-refractivity contribution < 1.29 is 9.21 Å². The van der Waals surface area contributed by atoms with Crippen LogP contribution in [0.1, 0.15) is 10.4 Å². The molecule has 6 heteroatoms. The monoisotopic (exact) mass is 637 g/mol. The van der Waals surface area contributed by atoms with Gasteiger partial charge in [-0.3, -0.25) is 4.79 Å². The number of nitrogens with zero attached hydrogens (tertiary/aromatic N) is 2. The van der Waals surface area contributed by atoms with Gasteiger partial charge in [0.2, 0.25) is 5.89 Å². The van der Waals surface area contributed by atoms with Crippen molar-refractivity contribution in [2.45, 2.75) is 0 Å². The normalized spacial score (nSPS) is 11.0. The molecule has 0 saturated carbocycles. The van der Waals surface area contributed by atoms with Crippen LogP contribution in [-0.2, 0) is 0 Å². The summed E-state index contributed by atoms with van der Waals surface area (Å²) in [7, 11) is -2.75. The minimum absolute atomic E-state index is 0. The van der Waals surface area contributed by atoms with Gasteiger partial charge in [0.15, 0.2) is 7.26 Å². The first-order valence-corrected chi connectivity index (χ1v) is 16.6. The van der Waals surface area contributed by atoms with Gasteiger partial charge in [-0.15, -0.1) is 12.4 Å². The molecule has 0 N–H and O–H groups in total. The number of amides is 1. The van der Waals surface area contributed by atoms with Crippen molar-refractivity contribution in [3.63, 3.8) is 0 Å². The van der Waals surface area contributed by atoms with E-state index in [0.29, 0.717) is 23.0 Å². The first kappa shape index (κ1) is 30.7. The summed E-state index contributed by atoms with van der Waals surface area (Å²) in [4.78, 5) is 21.7. The van der Waals surface area contributed by atoms with Crippen LogP contribution in [0.2, 0.25) is 0 Å². The molecule has 46 heavy (non-hydrogen) atoms. The predicted molar refractivity (Wildman–Crippen MR) is 193 cm³/mol. The lowest BCUT2D eigenvalue weighted by Crippen LogP contribution is -2.42. The zero-order chi connectivity index (χ0) is 30.5. The third kappa shape index (κ3) is 5.65. The molecule has 0 aliphatic carbocycles. The lowest BCUT2D eigenvalue weighted by atomic mass is 10.2. The molecule has 6 aromatic carbocycles. The quantitative estimate of drug-likeness (QED) is 0.157. The van der Waals surface area contributed by atoms with Gasteiger partial charge >= 0.3 is 0 Å². The number of aromatic nitrogens is 1. The predicted octanol–water partition coefficient (Wildman–Crippen LogP) is 8.36. The zero-order valence-corrected chi connectivity index (χ0v) is 26.6. The maximum Gasteiger partial charge on any atom is 0.273 e. The van der Waals surface area contributed by atoms with Gasteiger partial charge in [-0.05, 0) is 72.8 Å². The van der Waals surface area contributed by atoms with Gasteiger partial charge in [-0.25, -0.2) is 4.90 Å². The van der Waals surface area contributed by atoms with E-state index >= 15 is 0 Å². The van der Waals surface area contributed by atoms with Gasteiger partial charge in [0.05, 0.1) is 5.69 Å². The molecule has 0 spiro atoms.